The number of piperidine rings is 4. The van der Waals surface area contributed by atoms with E-state index < -0.39 is 25.5 Å². The number of carbonyl (C=O) groups excluding carboxylic acids is 2. The van der Waals surface area contributed by atoms with E-state index in [1.54, 1.807) is 20.7 Å². The van der Waals surface area contributed by atoms with Crippen LogP contribution < -0.4 is 16.0 Å². The Morgan fingerprint density at radius 2 is 1.28 bits per heavy atom. The number of sulfonamides is 1. The molecule has 2 aromatic heterocycles. The minimum Gasteiger partial charge on any atom is -0.360 e. The van der Waals surface area contributed by atoms with Gasteiger partial charge in [0.2, 0.25) is 10.0 Å². The number of benzene rings is 1. The molecule has 7 saturated heterocycles. The molecule has 12 rings (SSSR count). The third kappa shape index (κ3) is 9.02. The first-order valence-corrected chi connectivity index (χ1v) is 29.1. The number of hydrogen-bond acceptors (Lipinski definition) is 12. The molecule has 9 fully saturated rings. The number of rotatable bonds is 15. The van der Waals surface area contributed by atoms with Crippen molar-refractivity contribution in [2.24, 2.45) is 11.3 Å². The van der Waals surface area contributed by atoms with Gasteiger partial charge in [-0.05, 0) is 153 Å². The largest absolute Gasteiger partial charge is 0.360 e. The molecule has 1 spiro atoms. The Labute approximate surface area is 406 Å². The lowest BCUT2D eigenvalue weighted by atomic mass is 9.73. The Kier molecular flexibility index (Phi) is 12.2. The summed E-state index contributed by atoms with van der Waals surface area (Å²) in [5.41, 5.74) is 3.18. The molecule has 1 aromatic carbocycles. The van der Waals surface area contributed by atoms with E-state index in [2.05, 4.69) is 55.4 Å². The third-order valence-corrected chi connectivity index (χ3v) is 22.6. The van der Waals surface area contributed by atoms with Gasteiger partial charge in [-0.2, -0.15) is 21.3 Å². The van der Waals surface area contributed by atoms with Gasteiger partial charge >= 0.3 is 0 Å². The van der Waals surface area contributed by atoms with E-state index in [0.29, 0.717) is 62.0 Å². The number of carbonyl (C=O) groups is 2. The molecule has 4 unspecified atom stereocenters. The molecule has 374 valence electrons. The number of aromatic nitrogens is 2. The SMILES string of the molecule is C[C@@H](C1CCNC(c2ccccc2CCN2CCC3(CC2)CN(S(=O)(=O)N2[C@@H]4CC[C@H]2CC(NC(=O)c2cc(C5CC5)on2)C4)C3)C1)S(=O)(=O)N1[C@@H]2CC[C@H]1CC(NC(=O)c1cc(C3CC3)on1)C2. The van der Waals surface area contributed by atoms with Crippen LogP contribution in [0.25, 0.3) is 0 Å². The van der Waals surface area contributed by atoms with Crippen LogP contribution in [0, 0.1) is 11.3 Å². The predicted molar refractivity (Wildman–Crippen MR) is 256 cm³/mol. The van der Waals surface area contributed by atoms with E-state index in [9.17, 15) is 26.4 Å². The molecule has 2 aliphatic carbocycles. The highest BCUT2D eigenvalue weighted by molar-refractivity contribution is 7.89. The Morgan fingerprint density at radius 1 is 0.739 bits per heavy atom. The first-order valence-electron chi connectivity index (χ1n) is 26.2. The number of nitrogens with one attached hydrogen (secondary N) is 3. The number of likely N-dealkylation sites (tertiary alicyclic amines) is 1. The van der Waals surface area contributed by atoms with Crippen LogP contribution in [0.4, 0.5) is 0 Å². The summed E-state index contributed by atoms with van der Waals surface area (Å²) in [4.78, 5) is 28.6. The molecule has 4 bridgehead atoms. The van der Waals surface area contributed by atoms with Crippen LogP contribution in [0.15, 0.2) is 45.4 Å². The fraction of sp³-hybridized carbons (Fsp3) is 0.720. The van der Waals surface area contributed by atoms with E-state index in [0.717, 1.165) is 121 Å². The second kappa shape index (κ2) is 18.1. The van der Waals surface area contributed by atoms with Crippen LogP contribution in [0.2, 0.25) is 0 Å². The average molecular weight is 988 g/mol. The lowest BCUT2D eigenvalue weighted by Crippen LogP contribution is -2.66. The Morgan fingerprint density at radius 3 is 1.83 bits per heavy atom. The van der Waals surface area contributed by atoms with Gasteiger partial charge in [-0.3, -0.25) is 9.59 Å². The van der Waals surface area contributed by atoms with Crippen molar-refractivity contribution < 1.29 is 35.5 Å². The normalized spacial score (nSPS) is 32.5. The molecule has 9 aliphatic rings. The maximum absolute atomic E-state index is 14.5. The molecule has 69 heavy (non-hydrogen) atoms. The highest BCUT2D eigenvalue weighted by Crippen LogP contribution is 2.47. The minimum atomic E-state index is -3.60. The minimum absolute atomic E-state index is 0.0174. The van der Waals surface area contributed by atoms with Gasteiger partial charge in [0, 0.05) is 91.3 Å². The lowest BCUT2D eigenvalue weighted by Gasteiger charge is -2.54. The fourth-order valence-corrected chi connectivity index (χ4v) is 18.3. The topological polar surface area (TPSA) is 204 Å². The van der Waals surface area contributed by atoms with E-state index in [1.165, 1.54) is 11.1 Å². The van der Waals surface area contributed by atoms with Crippen molar-refractivity contribution in [2.75, 3.05) is 39.3 Å². The predicted octanol–water partition coefficient (Wildman–Crippen LogP) is 5.21. The van der Waals surface area contributed by atoms with Gasteiger partial charge in [-0.15, -0.1) is 0 Å². The molecule has 19 heteroatoms. The van der Waals surface area contributed by atoms with Crippen molar-refractivity contribution in [2.45, 2.75) is 175 Å². The summed E-state index contributed by atoms with van der Waals surface area (Å²) in [6.07, 6.45) is 14.4. The van der Waals surface area contributed by atoms with Gasteiger partial charge in [-0.1, -0.05) is 34.6 Å². The molecule has 3 N–H and O–H groups in total. The monoisotopic (exact) mass is 987 g/mol. The number of nitrogens with zero attached hydrogens (tertiary/aromatic N) is 6. The molecular formula is C50H69N9O8S2. The second-order valence-corrected chi connectivity index (χ2v) is 26.6. The average Bonchev–Trinajstić information content (AvgIpc) is 4.21. The van der Waals surface area contributed by atoms with Crippen molar-refractivity contribution in [3.8, 4) is 0 Å². The first-order chi connectivity index (χ1) is 33.3. The van der Waals surface area contributed by atoms with Gasteiger partial charge in [-0.25, -0.2) is 8.42 Å². The zero-order valence-electron chi connectivity index (χ0n) is 39.8. The van der Waals surface area contributed by atoms with Crippen LogP contribution in [0.5, 0.6) is 0 Å². The zero-order valence-corrected chi connectivity index (χ0v) is 41.5. The summed E-state index contributed by atoms with van der Waals surface area (Å²) in [7, 11) is -7.18. The van der Waals surface area contributed by atoms with Crippen molar-refractivity contribution in [3.05, 3.63) is 70.4 Å². The van der Waals surface area contributed by atoms with Crippen LogP contribution >= 0.6 is 0 Å². The molecule has 9 atom stereocenters. The quantitative estimate of drug-likeness (QED) is 0.180. The van der Waals surface area contributed by atoms with Crippen LogP contribution in [-0.4, -0.2) is 138 Å². The maximum atomic E-state index is 14.5. The van der Waals surface area contributed by atoms with Crippen molar-refractivity contribution in [1.82, 2.24) is 44.1 Å². The van der Waals surface area contributed by atoms with Crippen LogP contribution in [0.1, 0.15) is 171 Å². The van der Waals surface area contributed by atoms with Crippen molar-refractivity contribution in [1.29, 1.82) is 0 Å². The third-order valence-electron chi connectivity index (χ3n) is 18.0. The standard InChI is InChI=1S/C50H69N9O8S2/c1-31(68(62,63)58-38-10-11-39(58)24-36(23-38)52-48(60)44-27-46(66-54-44)33-6-7-33)35-14-18-51-43(22-35)42-5-3-2-4-32(42)15-19-56-20-16-50(17-21-56)29-57(30-50)69(64,65)59-40-12-13-41(59)26-37(25-40)53-49(61)45-28-47(67-55-45)34-8-9-34/h2-5,27-28,31,33-41,43,51H,6-26,29-30H2,1H3,(H,52,60)(H,53,61)/t31-,35?,36?,37?,38-,39+,40-,41+,43?/m0/s1. The molecule has 2 saturated carbocycles. The van der Waals surface area contributed by atoms with Crippen molar-refractivity contribution in [3.63, 3.8) is 0 Å². The maximum Gasteiger partial charge on any atom is 0.282 e. The summed E-state index contributed by atoms with van der Waals surface area (Å²) in [6.45, 7) is 6.63. The molecule has 2 amide bonds. The van der Waals surface area contributed by atoms with Crippen LogP contribution in [0.3, 0.4) is 0 Å². The number of amides is 2. The summed E-state index contributed by atoms with van der Waals surface area (Å²) in [6, 6.07) is 11.6. The zero-order chi connectivity index (χ0) is 47.2. The molecular weight excluding hydrogens is 919 g/mol. The van der Waals surface area contributed by atoms with E-state index in [-0.39, 0.29) is 65.4 Å². The molecule has 0 radical (unpaired) electrons. The Bertz CT molecular complexity index is 2610. The second-order valence-electron chi connectivity index (χ2n) is 22.6. The van der Waals surface area contributed by atoms with Gasteiger partial charge in [0.25, 0.3) is 22.0 Å². The van der Waals surface area contributed by atoms with Gasteiger partial charge in [0.15, 0.2) is 11.4 Å². The van der Waals surface area contributed by atoms with E-state index in [4.69, 9.17) is 9.05 Å². The smallest absolute Gasteiger partial charge is 0.282 e. The van der Waals surface area contributed by atoms with Gasteiger partial charge < -0.3 is 29.9 Å². The molecule has 7 aliphatic heterocycles. The summed E-state index contributed by atoms with van der Waals surface area (Å²) < 4.78 is 73.5. The molecule has 3 aromatic rings. The highest BCUT2D eigenvalue weighted by atomic mass is 32.2. The number of hydrogen-bond donors (Lipinski definition) is 3. The van der Waals surface area contributed by atoms with Gasteiger partial charge in [0.1, 0.15) is 11.5 Å². The fourth-order valence-electron chi connectivity index (χ4n) is 13.7. The van der Waals surface area contributed by atoms with E-state index in [1.807, 2.05) is 11.2 Å². The molecule has 9 heterocycles. The van der Waals surface area contributed by atoms with E-state index >= 15 is 0 Å². The Hall–Kier alpha value is -3.72. The van der Waals surface area contributed by atoms with Crippen LogP contribution in [-0.2, 0) is 26.7 Å². The van der Waals surface area contributed by atoms with Gasteiger partial charge in [0.05, 0.1) is 5.25 Å². The summed E-state index contributed by atoms with van der Waals surface area (Å²) in [5, 5.41) is 17.5. The Balaban J connectivity index is 0.607. The number of fused-ring (bicyclic) bond motifs is 4. The van der Waals surface area contributed by atoms with Crippen molar-refractivity contribution >= 4 is 32.0 Å². The first kappa shape index (κ1) is 46.4. The molecule has 17 nitrogen and oxygen atoms in total. The summed E-state index contributed by atoms with van der Waals surface area (Å²) >= 11 is 0. The lowest BCUT2D eigenvalue weighted by molar-refractivity contribution is -0.00407. The highest BCUT2D eigenvalue weighted by Gasteiger charge is 2.56. The summed E-state index contributed by atoms with van der Waals surface area (Å²) in [5.74, 6) is 1.85.